The molecule has 0 bridgehead atoms. The van der Waals surface area contributed by atoms with E-state index in [0.717, 1.165) is 57.0 Å². The van der Waals surface area contributed by atoms with E-state index in [1.54, 1.807) is 0 Å². The van der Waals surface area contributed by atoms with E-state index in [4.69, 9.17) is 11.6 Å². The number of carbonyl (C=O) groups excluding carboxylic acids is 1. The Morgan fingerprint density at radius 2 is 1.94 bits per heavy atom. The zero-order valence-corrected chi connectivity index (χ0v) is 19.3. The fourth-order valence-electron chi connectivity index (χ4n) is 4.66. The van der Waals surface area contributed by atoms with Gasteiger partial charge in [0.15, 0.2) is 0 Å². The van der Waals surface area contributed by atoms with Gasteiger partial charge in [-0.05, 0) is 68.8 Å². The summed E-state index contributed by atoms with van der Waals surface area (Å²) in [5, 5.41) is 8.49. The van der Waals surface area contributed by atoms with Gasteiger partial charge in [0.05, 0.1) is 5.69 Å². The maximum atomic E-state index is 12.3. The molecule has 1 N–H and O–H groups in total. The first-order valence-electron chi connectivity index (χ1n) is 11.6. The third kappa shape index (κ3) is 6.01. The number of rotatable bonds is 7. The van der Waals surface area contributed by atoms with Gasteiger partial charge in [-0.1, -0.05) is 24.1 Å². The van der Waals surface area contributed by atoms with Crippen molar-refractivity contribution in [2.45, 2.75) is 52.0 Å². The van der Waals surface area contributed by atoms with Gasteiger partial charge in [-0.2, -0.15) is 5.10 Å². The van der Waals surface area contributed by atoms with Crippen LogP contribution in [0.25, 0.3) is 0 Å². The molecule has 2 heterocycles. The van der Waals surface area contributed by atoms with Gasteiger partial charge in [-0.25, -0.2) is 0 Å². The lowest BCUT2D eigenvalue weighted by Gasteiger charge is -2.37. The second kappa shape index (κ2) is 10.5. The number of hydrogen-bond donors (Lipinski definition) is 1. The third-order valence-electron chi connectivity index (χ3n) is 6.45. The summed E-state index contributed by atoms with van der Waals surface area (Å²) in [5.74, 6) is 0.0545. The molecule has 4 rings (SSSR count). The first-order chi connectivity index (χ1) is 15.1. The maximum absolute atomic E-state index is 12.3. The van der Waals surface area contributed by atoms with Crippen molar-refractivity contribution < 1.29 is 4.79 Å². The Kier molecular flexibility index (Phi) is 7.51. The highest BCUT2D eigenvalue weighted by molar-refractivity contribution is 6.30. The van der Waals surface area contributed by atoms with E-state index in [9.17, 15) is 4.79 Å². The molecule has 1 aliphatic carbocycles. The van der Waals surface area contributed by atoms with Crippen LogP contribution in [0.1, 0.15) is 42.5 Å². The zero-order valence-electron chi connectivity index (χ0n) is 18.6. The Hall–Kier alpha value is -2.05. The van der Waals surface area contributed by atoms with Crippen LogP contribution in [0.4, 0.5) is 5.69 Å². The number of amides is 1. The summed E-state index contributed by atoms with van der Waals surface area (Å²) in [4.78, 5) is 17.2. The van der Waals surface area contributed by atoms with Crippen LogP contribution >= 0.6 is 11.6 Å². The molecule has 2 aliphatic rings. The zero-order chi connectivity index (χ0) is 21.6. The Morgan fingerprint density at radius 1 is 1.13 bits per heavy atom. The summed E-state index contributed by atoms with van der Waals surface area (Å²) >= 11 is 6.18. The average molecular weight is 444 g/mol. The minimum atomic E-state index is 0.0545. The van der Waals surface area contributed by atoms with E-state index in [1.165, 1.54) is 41.8 Å². The van der Waals surface area contributed by atoms with Gasteiger partial charge in [0.2, 0.25) is 5.91 Å². The fraction of sp³-hybridized carbons (Fsp3) is 0.583. The maximum Gasteiger partial charge on any atom is 0.241 e. The van der Waals surface area contributed by atoms with E-state index < -0.39 is 0 Å². The summed E-state index contributed by atoms with van der Waals surface area (Å²) in [6.45, 7) is 8.30. The van der Waals surface area contributed by atoms with Crippen LogP contribution in [0.15, 0.2) is 24.4 Å². The fourth-order valence-corrected chi connectivity index (χ4v) is 4.82. The third-order valence-corrected chi connectivity index (χ3v) is 6.68. The molecule has 0 atom stereocenters. The van der Waals surface area contributed by atoms with Crippen molar-refractivity contribution in [3.63, 3.8) is 0 Å². The SMILES string of the molecule is Cc1ccc(Cl)cc1N1CCN(CCCNC(=O)Cn2cc3c(n2)CCCCC3)CC1. The molecule has 1 aromatic heterocycles. The highest BCUT2D eigenvalue weighted by Gasteiger charge is 2.18. The molecule has 7 heteroatoms. The number of piperazine rings is 1. The highest BCUT2D eigenvalue weighted by atomic mass is 35.5. The van der Waals surface area contributed by atoms with Crippen molar-refractivity contribution in [3.05, 3.63) is 46.2 Å². The molecule has 1 aromatic carbocycles. The Labute approximate surface area is 190 Å². The number of hydrogen-bond acceptors (Lipinski definition) is 4. The number of anilines is 1. The van der Waals surface area contributed by atoms with Crippen molar-refractivity contribution in [1.29, 1.82) is 0 Å². The molecule has 1 aliphatic heterocycles. The minimum Gasteiger partial charge on any atom is -0.369 e. The number of nitrogens with one attached hydrogen (secondary N) is 1. The molecular formula is C24H34ClN5O. The standard InChI is InChI=1S/C24H34ClN5O/c1-19-8-9-21(25)16-23(19)29-14-12-28(13-15-29)11-5-10-26-24(31)18-30-17-20-6-3-2-4-7-22(20)27-30/h8-9,16-17H,2-7,10-15,18H2,1H3,(H,26,31). The van der Waals surface area contributed by atoms with Crippen molar-refractivity contribution in [3.8, 4) is 0 Å². The van der Waals surface area contributed by atoms with Gasteiger partial charge in [-0.15, -0.1) is 0 Å². The summed E-state index contributed by atoms with van der Waals surface area (Å²) < 4.78 is 1.82. The average Bonchev–Trinajstić information content (AvgIpc) is 3.01. The van der Waals surface area contributed by atoms with Crippen LogP contribution < -0.4 is 10.2 Å². The number of halogens is 1. The smallest absolute Gasteiger partial charge is 0.241 e. The first kappa shape index (κ1) is 22.2. The molecule has 1 amide bonds. The molecule has 0 radical (unpaired) electrons. The van der Waals surface area contributed by atoms with E-state index >= 15 is 0 Å². The topological polar surface area (TPSA) is 53.4 Å². The summed E-state index contributed by atoms with van der Waals surface area (Å²) in [7, 11) is 0. The van der Waals surface area contributed by atoms with Crippen molar-refractivity contribution in [2.75, 3.05) is 44.2 Å². The lowest BCUT2D eigenvalue weighted by molar-refractivity contribution is -0.121. The second-order valence-electron chi connectivity index (χ2n) is 8.82. The Bertz CT molecular complexity index is 865. The molecule has 6 nitrogen and oxygen atoms in total. The van der Waals surface area contributed by atoms with E-state index in [2.05, 4.69) is 45.5 Å². The van der Waals surface area contributed by atoms with Crippen molar-refractivity contribution in [1.82, 2.24) is 20.0 Å². The molecule has 0 spiro atoms. The molecule has 1 saturated heterocycles. The van der Waals surface area contributed by atoms with Gasteiger partial charge in [0, 0.05) is 49.6 Å². The van der Waals surface area contributed by atoms with Crippen molar-refractivity contribution in [2.24, 2.45) is 0 Å². The number of aromatic nitrogens is 2. The summed E-state index contributed by atoms with van der Waals surface area (Å²) in [6.07, 6.45) is 8.92. The molecule has 1 fully saturated rings. The number of benzene rings is 1. The van der Waals surface area contributed by atoms with Gasteiger partial charge < -0.3 is 10.2 Å². The molecule has 31 heavy (non-hydrogen) atoms. The van der Waals surface area contributed by atoms with Crippen LogP contribution in [-0.4, -0.2) is 59.9 Å². The number of aryl methyl sites for hydroxylation is 3. The Balaban J connectivity index is 1.14. The van der Waals surface area contributed by atoms with E-state index in [1.807, 2.05) is 10.7 Å². The molecular weight excluding hydrogens is 410 g/mol. The van der Waals surface area contributed by atoms with E-state index in [-0.39, 0.29) is 5.91 Å². The summed E-state index contributed by atoms with van der Waals surface area (Å²) in [6, 6.07) is 6.11. The molecule has 0 unspecified atom stereocenters. The van der Waals surface area contributed by atoms with Crippen LogP contribution in [0.2, 0.25) is 5.02 Å². The minimum absolute atomic E-state index is 0.0545. The normalized spacial score (nSPS) is 17.3. The number of nitrogens with zero attached hydrogens (tertiary/aromatic N) is 4. The number of carbonyl (C=O) groups is 1. The lowest BCUT2D eigenvalue weighted by atomic mass is 10.1. The second-order valence-corrected chi connectivity index (χ2v) is 9.26. The number of fused-ring (bicyclic) bond motifs is 1. The highest BCUT2D eigenvalue weighted by Crippen LogP contribution is 2.25. The predicted molar refractivity (Wildman–Crippen MR) is 126 cm³/mol. The van der Waals surface area contributed by atoms with E-state index in [0.29, 0.717) is 13.1 Å². The van der Waals surface area contributed by atoms with Gasteiger partial charge >= 0.3 is 0 Å². The summed E-state index contributed by atoms with van der Waals surface area (Å²) in [5.41, 5.74) is 5.04. The van der Waals surface area contributed by atoms with Crippen molar-refractivity contribution >= 4 is 23.2 Å². The van der Waals surface area contributed by atoms with Crippen LogP contribution in [-0.2, 0) is 24.2 Å². The predicted octanol–water partition coefficient (Wildman–Crippen LogP) is 3.44. The Morgan fingerprint density at radius 3 is 2.77 bits per heavy atom. The lowest BCUT2D eigenvalue weighted by Crippen LogP contribution is -2.47. The molecule has 168 valence electrons. The van der Waals surface area contributed by atoms with Crippen LogP contribution in [0, 0.1) is 6.92 Å². The monoisotopic (exact) mass is 443 g/mol. The van der Waals surface area contributed by atoms with Gasteiger partial charge in [0.25, 0.3) is 0 Å². The van der Waals surface area contributed by atoms with Gasteiger partial charge in [0.1, 0.15) is 6.54 Å². The molecule has 2 aromatic rings. The molecule has 0 saturated carbocycles. The largest absolute Gasteiger partial charge is 0.369 e. The quantitative estimate of drug-likeness (QED) is 0.526. The first-order valence-corrected chi connectivity index (χ1v) is 12.0. The van der Waals surface area contributed by atoms with Crippen LogP contribution in [0.3, 0.4) is 0 Å². The van der Waals surface area contributed by atoms with Gasteiger partial charge in [-0.3, -0.25) is 14.4 Å². The van der Waals surface area contributed by atoms with Crippen LogP contribution in [0.5, 0.6) is 0 Å².